The molecule has 0 spiro atoms. The number of hydrogen-bond acceptors (Lipinski definition) is 4. The Bertz CT molecular complexity index is 979. The molecule has 0 radical (unpaired) electrons. The molecule has 1 aromatic carbocycles. The number of thiophene rings is 1. The Morgan fingerprint density at radius 1 is 1.12 bits per heavy atom. The number of nitrogens with one attached hydrogen (secondary N) is 1. The number of likely N-dealkylation sites (tertiary alicyclic amines) is 1. The maximum Gasteiger partial charge on any atom is 0.329 e. The van der Waals surface area contributed by atoms with Gasteiger partial charge in [-0.25, -0.2) is 4.79 Å². The first-order chi connectivity index (χ1) is 11.6. The number of aromatic nitrogens is 2. The van der Waals surface area contributed by atoms with E-state index in [-0.39, 0.29) is 17.3 Å². The Morgan fingerprint density at radius 2 is 1.83 bits per heavy atom. The van der Waals surface area contributed by atoms with Gasteiger partial charge in [-0.1, -0.05) is 30.3 Å². The fourth-order valence-corrected chi connectivity index (χ4v) is 4.40. The van der Waals surface area contributed by atoms with E-state index in [2.05, 4.69) is 16.9 Å². The lowest BCUT2D eigenvalue weighted by Crippen LogP contribution is -2.42. The van der Waals surface area contributed by atoms with E-state index in [0.717, 1.165) is 36.4 Å². The topological polar surface area (TPSA) is 58.1 Å². The predicted octanol–water partition coefficient (Wildman–Crippen LogP) is 2.69. The normalized spacial score (nSPS) is 16.7. The SMILES string of the molecule is CN1CCC(n2c(=O)[nH]c3sc(-c4ccccc4)cc3c2=O)CC1. The van der Waals surface area contributed by atoms with Gasteiger partial charge in [0.2, 0.25) is 0 Å². The maximum absolute atomic E-state index is 12.9. The van der Waals surface area contributed by atoms with Crippen LogP contribution in [0.3, 0.4) is 0 Å². The molecule has 1 aliphatic heterocycles. The molecule has 0 amide bonds. The molecule has 3 heterocycles. The molecule has 124 valence electrons. The third-order valence-electron chi connectivity index (χ3n) is 4.73. The van der Waals surface area contributed by atoms with Crippen molar-refractivity contribution in [2.45, 2.75) is 18.9 Å². The number of hydrogen-bond donors (Lipinski definition) is 1. The molecule has 1 saturated heterocycles. The molecule has 1 N–H and O–H groups in total. The minimum Gasteiger partial charge on any atom is -0.306 e. The molecule has 4 rings (SSSR count). The molecule has 0 saturated carbocycles. The van der Waals surface area contributed by atoms with Crippen LogP contribution in [-0.2, 0) is 0 Å². The maximum atomic E-state index is 12.9. The average molecular weight is 341 g/mol. The van der Waals surface area contributed by atoms with Crippen molar-refractivity contribution in [3.63, 3.8) is 0 Å². The number of piperidine rings is 1. The third kappa shape index (κ3) is 2.61. The molecule has 24 heavy (non-hydrogen) atoms. The van der Waals surface area contributed by atoms with Crippen LogP contribution in [0.2, 0.25) is 0 Å². The molecule has 5 nitrogen and oxygen atoms in total. The van der Waals surface area contributed by atoms with Crippen LogP contribution in [0.5, 0.6) is 0 Å². The standard InChI is InChI=1S/C18H19N3O2S/c1-20-9-7-13(8-10-20)21-17(22)14-11-15(12-5-3-2-4-6-12)24-16(14)19-18(21)23/h2-6,11,13H,7-10H2,1H3,(H,19,23). The number of H-pyrrole nitrogens is 1. The van der Waals surface area contributed by atoms with Crippen molar-refractivity contribution in [1.82, 2.24) is 14.5 Å². The van der Waals surface area contributed by atoms with Crippen LogP contribution in [-0.4, -0.2) is 34.6 Å². The van der Waals surface area contributed by atoms with Gasteiger partial charge in [-0.05, 0) is 44.6 Å². The first kappa shape index (κ1) is 15.4. The summed E-state index contributed by atoms with van der Waals surface area (Å²) in [5.41, 5.74) is 0.607. The van der Waals surface area contributed by atoms with Crippen molar-refractivity contribution in [3.8, 4) is 10.4 Å². The largest absolute Gasteiger partial charge is 0.329 e. The molecule has 0 bridgehead atoms. The van der Waals surface area contributed by atoms with E-state index in [4.69, 9.17) is 0 Å². The number of nitrogens with zero attached hydrogens (tertiary/aromatic N) is 2. The van der Waals surface area contributed by atoms with E-state index in [1.165, 1.54) is 15.9 Å². The third-order valence-corrected chi connectivity index (χ3v) is 5.83. The second kappa shape index (κ2) is 6.03. The molecule has 0 atom stereocenters. The van der Waals surface area contributed by atoms with Gasteiger partial charge in [0.25, 0.3) is 5.56 Å². The highest BCUT2D eigenvalue weighted by molar-refractivity contribution is 7.21. The minimum absolute atomic E-state index is 0.0121. The Morgan fingerprint density at radius 3 is 2.54 bits per heavy atom. The summed E-state index contributed by atoms with van der Waals surface area (Å²) in [6, 6.07) is 11.8. The van der Waals surface area contributed by atoms with E-state index >= 15 is 0 Å². The van der Waals surface area contributed by atoms with Gasteiger partial charge < -0.3 is 4.90 Å². The van der Waals surface area contributed by atoms with Crippen LogP contribution in [0.25, 0.3) is 20.7 Å². The van der Waals surface area contributed by atoms with Crippen molar-refractivity contribution in [3.05, 3.63) is 57.2 Å². The summed E-state index contributed by atoms with van der Waals surface area (Å²) in [5, 5.41) is 0.609. The van der Waals surface area contributed by atoms with E-state index < -0.39 is 0 Å². The number of aromatic amines is 1. The predicted molar refractivity (Wildman–Crippen MR) is 97.9 cm³/mol. The van der Waals surface area contributed by atoms with Crippen LogP contribution in [0.1, 0.15) is 18.9 Å². The number of rotatable bonds is 2. The smallest absolute Gasteiger partial charge is 0.306 e. The summed E-state index contributed by atoms with van der Waals surface area (Å²) in [4.78, 5) is 32.2. The monoisotopic (exact) mass is 341 g/mol. The van der Waals surface area contributed by atoms with Gasteiger partial charge in [0.05, 0.1) is 5.39 Å². The van der Waals surface area contributed by atoms with E-state index in [0.29, 0.717) is 10.2 Å². The Labute approximate surface area is 143 Å². The summed E-state index contributed by atoms with van der Waals surface area (Å²) >= 11 is 1.46. The lowest BCUT2D eigenvalue weighted by Gasteiger charge is -2.29. The molecule has 0 aliphatic carbocycles. The Hall–Kier alpha value is -2.18. The highest BCUT2D eigenvalue weighted by atomic mass is 32.1. The molecule has 3 aromatic rings. The van der Waals surface area contributed by atoms with E-state index in [1.807, 2.05) is 36.4 Å². The second-order valence-corrected chi connectivity index (χ2v) is 7.41. The molecular weight excluding hydrogens is 322 g/mol. The van der Waals surface area contributed by atoms with Crippen LogP contribution in [0.4, 0.5) is 0 Å². The summed E-state index contributed by atoms with van der Waals surface area (Å²) in [6.07, 6.45) is 1.67. The fourth-order valence-electron chi connectivity index (χ4n) is 3.35. The Kier molecular flexibility index (Phi) is 3.86. The fraction of sp³-hybridized carbons (Fsp3) is 0.333. The van der Waals surface area contributed by atoms with Crippen molar-refractivity contribution >= 4 is 21.6 Å². The van der Waals surface area contributed by atoms with Gasteiger partial charge in [0.15, 0.2) is 0 Å². The zero-order valence-corrected chi connectivity index (χ0v) is 14.3. The summed E-state index contributed by atoms with van der Waals surface area (Å²) < 4.78 is 1.43. The van der Waals surface area contributed by atoms with Crippen LogP contribution < -0.4 is 11.2 Å². The van der Waals surface area contributed by atoms with Gasteiger partial charge >= 0.3 is 5.69 Å². The zero-order chi connectivity index (χ0) is 16.7. The van der Waals surface area contributed by atoms with Gasteiger partial charge in [-0.15, -0.1) is 11.3 Å². The van der Waals surface area contributed by atoms with Gasteiger partial charge in [-0.2, -0.15) is 0 Å². The van der Waals surface area contributed by atoms with Crippen molar-refractivity contribution < 1.29 is 0 Å². The number of benzene rings is 1. The summed E-state index contributed by atoms with van der Waals surface area (Å²) in [6.45, 7) is 1.82. The molecule has 6 heteroatoms. The van der Waals surface area contributed by atoms with Crippen molar-refractivity contribution in [2.24, 2.45) is 0 Å². The second-order valence-electron chi connectivity index (χ2n) is 6.36. The molecule has 1 aliphatic rings. The average Bonchev–Trinajstić information content (AvgIpc) is 3.02. The first-order valence-electron chi connectivity index (χ1n) is 8.16. The van der Waals surface area contributed by atoms with Gasteiger partial charge in [0.1, 0.15) is 4.83 Å². The zero-order valence-electron chi connectivity index (χ0n) is 13.5. The Balaban J connectivity index is 1.83. The van der Waals surface area contributed by atoms with Crippen molar-refractivity contribution in [1.29, 1.82) is 0 Å². The molecular formula is C18H19N3O2S. The summed E-state index contributed by atoms with van der Waals surface area (Å²) in [7, 11) is 2.07. The molecule has 1 fully saturated rings. The highest BCUT2D eigenvalue weighted by Gasteiger charge is 2.23. The highest BCUT2D eigenvalue weighted by Crippen LogP contribution is 2.30. The van der Waals surface area contributed by atoms with E-state index in [1.54, 1.807) is 0 Å². The minimum atomic E-state index is -0.288. The first-order valence-corrected chi connectivity index (χ1v) is 8.97. The lowest BCUT2D eigenvalue weighted by molar-refractivity contribution is 0.216. The molecule has 0 unspecified atom stereocenters. The van der Waals surface area contributed by atoms with Crippen LogP contribution >= 0.6 is 11.3 Å². The van der Waals surface area contributed by atoms with Crippen LogP contribution in [0, 0.1) is 0 Å². The van der Waals surface area contributed by atoms with Gasteiger partial charge in [-0.3, -0.25) is 14.3 Å². The lowest BCUT2D eigenvalue weighted by atomic mass is 10.1. The molecule has 2 aromatic heterocycles. The van der Waals surface area contributed by atoms with Crippen LogP contribution in [0.15, 0.2) is 46.0 Å². The number of fused-ring (bicyclic) bond motifs is 1. The summed E-state index contributed by atoms with van der Waals surface area (Å²) in [5.74, 6) is 0. The van der Waals surface area contributed by atoms with E-state index in [9.17, 15) is 9.59 Å². The quantitative estimate of drug-likeness (QED) is 0.780. The van der Waals surface area contributed by atoms with Crippen molar-refractivity contribution in [2.75, 3.05) is 20.1 Å². The van der Waals surface area contributed by atoms with Gasteiger partial charge in [0, 0.05) is 10.9 Å².